The van der Waals surface area contributed by atoms with Gasteiger partial charge in [-0.25, -0.2) is 0 Å². The average Bonchev–Trinajstić information content (AvgIpc) is 2.95. The maximum absolute atomic E-state index is 5.83. The van der Waals surface area contributed by atoms with Gasteiger partial charge in [-0.05, 0) is 38.0 Å². The van der Waals surface area contributed by atoms with E-state index in [2.05, 4.69) is 20.8 Å². The van der Waals surface area contributed by atoms with Crippen molar-refractivity contribution in [2.24, 2.45) is 5.92 Å². The minimum Gasteiger partial charge on any atom is -0.381 e. The molecule has 0 amide bonds. The van der Waals surface area contributed by atoms with Crippen LogP contribution in [0.2, 0.25) is 0 Å². The van der Waals surface area contributed by atoms with Gasteiger partial charge in [0, 0.05) is 21.3 Å². The fourth-order valence-corrected chi connectivity index (χ4v) is 6.23. The third kappa shape index (κ3) is 25.3. The zero-order valence-electron chi connectivity index (χ0n) is 27.9. The molecule has 0 spiro atoms. The van der Waals surface area contributed by atoms with Gasteiger partial charge in [0.1, 0.15) is 0 Å². The predicted molar refractivity (Wildman–Crippen MR) is 173 cm³/mol. The molecule has 0 N–H and O–H groups in total. The smallest absolute Gasteiger partial charge is 0.0596 e. The molecule has 0 heterocycles. The second-order valence-electron chi connectivity index (χ2n) is 12.5. The molecule has 0 saturated heterocycles. The Morgan fingerprint density at radius 3 is 1.08 bits per heavy atom. The highest BCUT2D eigenvalue weighted by Crippen LogP contribution is 2.22. The molecule has 0 aromatic rings. The molecule has 0 rings (SSSR count). The molecule has 3 heteroatoms. The standard InChI is InChI=1S/C36H74O3/c1-7-9-10-11-12-13-14-15-16-17-18-19-20-21-22-23-24-25-26-30-34(37-4)32-35(38-5)31-28-27-29-33(3)36(8-2)39-6/h33-36H,7-32H2,1-6H3. The van der Waals surface area contributed by atoms with Crippen molar-refractivity contribution in [3.63, 3.8) is 0 Å². The first-order valence-electron chi connectivity index (χ1n) is 17.7. The molecule has 0 fully saturated rings. The van der Waals surface area contributed by atoms with Crippen molar-refractivity contribution in [3.8, 4) is 0 Å². The molecule has 3 nitrogen and oxygen atoms in total. The fourth-order valence-electron chi connectivity index (χ4n) is 6.23. The van der Waals surface area contributed by atoms with E-state index in [0.29, 0.717) is 24.2 Å². The number of rotatable bonds is 32. The normalized spacial score (nSPS) is 14.9. The third-order valence-corrected chi connectivity index (χ3v) is 9.10. The second kappa shape index (κ2) is 30.8. The van der Waals surface area contributed by atoms with Gasteiger partial charge in [-0.15, -0.1) is 0 Å². The van der Waals surface area contributed by atoms with Gasteiger partial charge >= 0.3 is 0 Å². The van der Waals surface area contributed by atoms with Crippen LogP contribution in [0.3, 0.4) is 0 Å². The van der Waals surface area contributed by atoms with E-state index in [-0.39, 0.29) is 0 Å². The van der Waals surface area contributed by atoms with E-state index in [1.54, 1.807) is 0 Å². The summed E-state index contributed by atoms with van der Waals surface area (Å²) in [5.41, 5.74) is 0. The van der Waals surface area contributed by atoms with Crippen molar-refractivity contribution in [3.05, 3.63) is 0 Å². The molecule has 0 aromatic carbocycles. The van der Waals surface area contributed by atoms with E-state index in [0.717, 1.165) is 19.3 Å². The van der Waals surface area contributed by atoms with Crippen molar-refractivity contribution in [1.82, 2.24) is 0 Å². The van der Waals surface area contributed by atoms with Gasteiger partial charge in [0.25, 0.3) is 0 Å². The summed E-state index contributed by atoms with van der Waals surface area (Å²) in [6.07, 6.45) is 36.5. The van der Waals surface area contributed by atoms with Crippen LogP contribution in [-0.2, 0) is 14.2 Å². The first kappa shape index (κ1) is 38.9. The summed E-state index contributed by atoms with van der Waals surface area (Å²) < 4.78 is 17.2. The lowest BCUT2D eigenvalue weighted by Gasteiger charge is -2.23. The summed E-state index contributed by atoms with van der Waals surface area (Å²) in [4.78, 5) is 0. The molecule has 39 heavy (non-hydrogen) atoms. The topological polar surface area (TPSA) is 27.7 Å². The quantitative estimate of drug-likeness (QED) is 0.0774. The van der Waals surface area contributed by atoms with Crippen LogP contribution in [0.5, 0.6) is 0 Å². The van der Waals surface area contributed by atoms with Gasteiger partial charge in [0.15, 0.2) is 0 Å². The molecule has 4 atom stereocenters. The molecular formula is C36H74O3. The van der Waals surface area contributed by atoms with E-state index in [1.807, 2.05) is 21.3 Å². The molecular weight excluding hydrogens is 480 g/mol. The van der Waals surface area contributed by atoms with Crippen LogP contribution in [0, 0.1) is 5.92 Å². The Balaban J connectivity index is 3.57. The third-order valence-electron chi connectivity index (χ3n) is 9.10. The molecule has 0 bridgehead atoms. The van der Waals surface area contributed by atoms with Gasteiger partial charge in [-0.3, -0.25) is 0 Å². The van der Waals surface area contributed by atoms with Crippen LogP contribution in [0.15, 0.2) is 0 Å². The Kier molecular flexibility index (Phi) is 30.7. The van der Waals surface area contributed by atoms with E-state index in [1.165, 1.54) is 148 Å². The van der Waals surface area contributed by atoms with Crippen LogP contribution < -0.4 is 0 Å². The molecule has 0 aromatic heterocycles. The van der Waals surface area contributed by atoms with E-state index < -0.39 is 0 Å². The van der Waals surface area contributed by atoms with Crippen LogP contribution in [0.1, 0.15) is 188 Å². The zero-order chi connectivity index (χ0) is 28.8. The van der Waals surface area contributed by atoms with Gasteiger partial charge in [0.2, 0.25) is 0 Å². The van der Waals surface area contributed by atoms with Crippen LogP contribution >= 0.6 is 0 Å². The van der Waals surface area contributed by atoms with Crippen LogP contribution in [0.4, 0.5) is 0 Å². The van der Waals surface area contributed by atoms with Crippen molar-refractivity contribution in [2.75, 3.05) is 21.3 Å². The largest absolute Gasteiger partial charge is 0.381 e. The number of methoxy groups -OCH3 is 3. The number of unbranched alkanes of at least 4 members (excludes halogenated alkanes) is 19. The number of hydrogen-bond donors (Lipinski definition) is 0. The Hall–Kier alpha value is -0.120. The lowest BCUT2D eigenvalue weighted by Crippen LogP contribution is -2.22. The summed E-state index contributed by atoms with van der Waals surface area (Å²) in [5.74, 6) is 0.641. The van der Waals surface area contributed by atoms with Crippen LogP contribution in [-0.4, -0.2) is 39.6 Å². The predicted octanol–water partition coefficient (Wildman–Crippen LogP) is 11.8. The highest BCUT2D eigenvalue weighted by Gasteiger charge is 2.17. The maximum atomic E-state index is 5.83. The minimum atomic E-state index is 0.329. The Morgan fingerprint density at radius 1 is 0.410 bits per heavy atom. The highest BCUT2D eigenvalue weighted by atomic mass is 16.5. The van der Waals surface area contributed by atoms with Crippen molar-refractivity contribution >= 4 is 0 Å². The summed E-state index contributed by atoms with van der Waals surface area (Å²) in [6, 6.07) is 0. The van der Waals surface area contributed by atoms with Crippen molar-refractivity contribution in [1.29, 1.82) is 0 Å². The van der Waals surface area contributed by atoms with Gasteiger partial charge in [-0.1, -0.05) is 156 Å². The van der Waals surface area contributed by atoms with Gasteiger partial charge in [-0.2, -0.15) is 0 Å². The lowest BCUT2D eigenvalue weighted by molar-refractivity contribution is 0.0126. The molecule has 0 aliphatic carbocycles. The van der Waals surface area contributed by atoms with Crippen LogP contribution in [0.25, 0.3) is 0 Å². The molecule has 4 unspecified atom stereocenters. The zero-order valence-corrected chi connectivity index (χ0v) is 27.9. The van der Waals surface area contributed by atoms with Gasteiger partial charge in [0.05, 0.1) is 18.3 Å². The number of hydrogen-bond acceptors (Lipinski definition) is 3. The first-order chi connectivity index (χ1) is 19.1. The summed E-state index contributed by atoms with van der Waals surface area (Å²) in [7, 11) is 5.59. The lowest BCUT2D eigenvalue weighted by atomic mass is 9.94. The first-order valence-corrected chi connectivity index (χ1v) is 17.7. The second-order valence-corrected chi connectivity index (χ2v) is 12.5. The Morgan fingerprint density at radius 2 is 0.744 bits per heavy atom. The molecule has 0 saturated carbocycles. The molecule has 0 radical (unpaired) electrons. The minimum absolute atomic E-state index is 0.329. The van der Waals surface area contributed by atoms with Crippen molar-refractivity contribution in [2.45, 2.75) is 206 Å². The average molecular weight is 555 g/mol. The molecule has 236 valence electrons. The highest BCUT2D eigenvalue weighted by molar-refractivity contribution is 4.69. The summed E-state index contributed by atoms with van der Waals surface area (Å²) in [5, 5.41) is 0. The van der Waals surface area contributed by atoms with E-state index in [4.69, 9.17) is 14.2 Å². The van der Waals surface area contributed by atoms with Crippen molar-refractivity contribution < 1.29 is 14.2 Å². The molecule has 0 aliphatic rings. The Bertz CT molecular complexity index is 451. The molecule has 0 aliphatic heterocycles. The fraction of sp³-hybridized carbons (Fsp3) is 1.00. The van der Waals surface area contributed by atoms with E-state index in [9.17, 15) is 0 Å². The monoisotopic (exact) mass is 555 g/mol. The Labute approximate surface area is 247 Å². The van der Waals surface area contributed by atoms with Gasteiger partial charge < -0.3 is 14.2 Å². The number of ether oxygens (including phenoxy) is 3. The SMILES string of the molecule is CCCCCCCCCCCCCCCCCCCCCC(CC(CCCCC(C)C(CC)OC)OC)OC. The summed E-state index contributed by atoms with van der Waals surface area (Å²) in [6.45, 7) is 6.85. The van der Waals surface area contributed by atoms with E-state index >= 15 is 0 Å². The summed E-state index contributed by atoms with van der Waals surface area (Å²) >= 11 is 0. The maximum Gasteiger partial charge on any atom is 0.0596 e.